The minimum atomic E-state index is -4.31. The van der Waals surface area contributed by atoms with Crippen molar-refractivity contribution in [3.05, 3.63) is 51.4 Å². The maximum absolute atomic E-state index is 12.5. The average Bonchev–Trinajstić information content (AvgIpc) is 2.51. The molecule has 9 heteroatoms. The summed E-state index contributed by atoms with van der Waals surface area (Å²) in [6.07, 6.45) is 1.15. The molecule has 0 saturated carbocycles. The molecule has 0 unspecified atom stereocenters. The molecular weight excluding hydrogens is 328 g/mol. The fourth-order valence-corrected chi connectivity index (χ4v) is 3.34. The maximum Gasteiger partial charge on any atom is 0.302 e. The van der Waals surface area contributed by atoms with E-state index in [1.807, 2.05) is 0 Å². The lowest BCUT2D eigenvalue weighted by atomic mass is 10.2. The van der Waals surface area contributed by atoms with Crippen LogP contribution in [0.25, 0.3) is 0 Å². The summed E-state index contributed by atoms with van der Waals surface area (Å²) in [6, 6.07) is 7.31. The van der Waals surface area contributed by atoms with Gasteiger partial charge in [0.25, 0.3) is 10.0 Å². The molecule has 22 heavy (non-hydrogen) atoms. The largest absolute Gasteiger partial charge is 0.383 e. The first-order chi connectivity index (χ1) is 10.4. The molecule has 2 rings (SSSR count). The number of aromatic nitrogens is 2. The number of hydrogen-bond acceptors (Lipinski definition) is 6. The fourth-order valence-electron chi connectivity index (χ4n) is 1.78. The zero-order valence-electron chi connectivity index (χ0n) is 11.4. The second kappa shape index (κ2) is 6.17. The van der Waals surface area contributed by atoms with Gasteiger partial charge in [-0.15, -0.1) is 4.09 Å². The Morgan fingerprint density at radius 1 is 1.41 bits per heavy atom. The van der Waals surface area contributed by atoms with Gasteiger partial charge < -0.3 is 5.32 Å². The average molecular weight is 339 g/mol. The number of nitriles is 1. The Bertz CT molecular complexity index is 916. The number of benzene rings is 1. The lowest BCUT2D eigenvalue weighted by Crippen LogP contribution is -2.31. The molecule has 7 nitrogen and oxygen atoms in total. The molecule has 0 fully saturated rings. The Hall–Kier alpha value is -2.37. The third kappa shape index (κ3) is 2.68. The van der Waals surface area contributed by atoms with E-state index in [1.54, 1.807) is 13.0 Å². The van der Waals surface area contributed by atoms with Crippen molar-refractivity contribution in [2.45, 2.75) is 11.8 Å². The summed E-state index contributed by atoms with van der Waals surface area (Å²) in [5.41, 5.74) is -0.815. The van der Waals surface area contributed by atoms with E-state index in [0.29, 0.717) is 6.54 Å². The van der Waals surface area contributed by atoms with Crippen LogP contribution in [0.3, 0.4) is 0 Å². The molecule has 2 aromatic rings. The van der Waals surface area contributed by atoms with Crippen LogP contribution in [0, 0.1) is 11.3 Å². The summed E-state index contributed by atoms with van der Waals surface area (Å²) in [5, 5.41) is 15.2. The summed E-state index contributed by atoms with van der Waals surface area (Å²) in [7, 11) is -4.31. The van der Waals surface area contributed by atoms with E-state index < -0.39 is 15.6 Å². The molecule has 1 heterocycles. The molecular formula is C13H11ClN4O3S. The number of halogens is 1. The minimum absolute atomic E-state index is 0.0805. The van der Waals surface area contributed by atoms with Crippen LogP contribution in [0.5, 0.6) is 0 Å². The topological polar surface area (TPSA) is 105 Å². The molecule has 0 spiro atoms. The molecule has 114 valence electrons. The van der Waals surface area contributed by atoms with Gasteiger partial charge in [0.1, 0.15) is 16.0 Å². The van der Waals surface area contributed by atoms with Crippen LogP contribution < -0.4 is 10.9 Å². The number of nitrogens with one attached hydrogen (secondary N) is 1. The third-order valence-electron chi connectivity index (χ3n) is 2.77. The zero-order valence-corrected chi connectivity index (χ0v) is 13.0. The van der Waals surface area contributed by atoms with Crippen LogP contribution in [-0.4, -0.2) is 24.1 Å². The molecule has 0 amide bonds. The van der Waals surface area contributed by atoms with E-state index in [2.05, 4.69) is 10.4 Å². The van der Waals surface area contributed by atoms with Gasteiger partial charge in [-0.25, -0.2) is 0 Å². The monoisotopic (exact) mass is 338 g/mol. The summed E-state index contributed by atoms with van der Waals surface area (Å²) in [6.45, 7) is 2.29. The van der Waals surface area contributed by atoms with E-state index in [1.165, 1.54) is 24.3 Å². The van der Waals surface area contributed by atoms with E-state index >= 15 is 0 Å². The lowest BCUT2D eigenvalue weighted by molar-refractivity contribution is 0.575. The minimum Gasteiger partial charge on any atom is -0.383 e. The molecule has 0 aliphatic rings. The van der Waals surface area contributed by atoms with Crippen molar-refractivity contribution >= 4 is 27.3 Å². The molecule has 0 aliphatic carbocycles. The standard InChI is InChI=1S/C13H11ClN4O3S/c1-2-16-10-8-17-18(13(19)12(10)14)22(20,21)11-6-4-3-5-9(11)7-15/h3-6,8,16H,2H2,1H3. The summed E-state index contributed by atoms with van der Waals surface area (Å²) in [4.78, 5) is 11.8. The molecule has 0 bridgehead atoms. The van der Waals surface area contributed by atoms with Crippen molar-refractivity contribution in [3.63, 3.8) is 0 Å². The SMILES string of the molecule is CCNc1cnn(S(=O)(=O)c2ccccc2C#N)c(=O)c1Cl. The van der Waals surface area contributed by atoms with E-state index in [4.69, 9.17) is 16.9 Å². The normalized spacial score (nSPS) is 11.0. The van der Waals surface area contributed by atoms with Crippen LogP contribution in [-0.2, 0) is 10.0 Å². The summed E-state index contributed by atoms with van der Waals surface area (Å²) in [5.74, 6) is 0. The highest BCUT2D eigenvalue weighted by Crippen LogP contribution is 2.19. The quantitative estimate of drug-likeness (QED) is 0.904. The van der Waals surface area contributed by atoms with Gasteiger partial charge in [0.15, 0.2) is 0 Å². The highest BCUT2D eigenvalue weighted by molar-refractivity contribution is 7.89. The van der Waals surface area contributed by atoms with Crippen LogP contribution in [0.1, 0.15) is 12.5 Å². The Kier molecular flexibility index (Phi) is 4.49. The maximum atomic E-state index is 12.5. The molecule has 0 saturated heterocycles. The van der Waals surface area contributed by atoms with Crippen molar-refractivity contribution in [2.75, 3.05) is 11.9 Å². The summed E-state index contributed by atoms with van der Waals surface area (Å²) < 4.78 is 25.3. The number of nitrogens with zero attached hydrogens (tertiary/aromatic N) is 3. The number of hydrogen-bond donors (Lipinski definition) is 1. The fraction of sp³-hybridized carbons (Fsp3) is 0.154. The van der Waals surface area contributed by atoms with Crippen LogP contribution in [0.4, 0.5) is 5.69 Å². The smallest absolute Gasteiger partial charge is 0.302 e. The molecule has 0 atom stereocenters. The van der Waals surface area contributed by atoms with Crippen molar-refractivity contribution in [2.24, 2.45) is 0 Å². The Morgan fingerprint density at radius 3 is 2.73 bits per heavy atom. The molecule has 1 aromatic heterocycles. The zero-order chi connectivity index (χ0) is 16.3. The molecule has 0 aliphatic heterocycles. The van der Waals surface area contributed by atoms with Crippen LogP contribution in [0.2, 0.25) is 5.02 Å². The second-order valence-corrected chi connectivity index (χ2v) is 6.28. The van der Waals surface area contributed by atoms with Crippen LogP contribution >= 0.6 is 11.6 Å². The van der Waals surface area contributed by atoms with Gasteiger partial charge in [-0.1, -0.05) is 23.7 Å². The van der Waals surface area contributed by atoms with Crippen molar-refractivity contribution in [1.29, 1.82) is 5.26 Å². The Balaban J connectivity index is 2.68. The second-order valence-electron chi connectivity index (χ2n) is 4.16. The third-order valence-corrected chi connectivity index (χ3v) is 4.76. The van der Waals surface area contributed by atoms with E-state index in [0.717, 1.165) is 6.20 Å². The Morgan fingerprint density at radius 2 is 2.09 bits per heavy atom. The number of rotatable bonds is 4. The molecule has 1 aromatic carbocycles. The predicted molar refractivity (Wildman–Crippen MR) is 81.4 cm³/mol. The van der Waals surface area contributed by atoms with Gasteiger partial charge in [0.05, 0.1) is 17.4 Å². The first kappa shape index (κ1) is 16.0. The first-order valence-electron chi connectivity index (χ1n) is 6.20. The first-order valence-corrected chi connectivity index (χ1v) is 8.01. The van der Waals surface area contributed by atoms with Gasteiger partial charge in [0.2, 0.25) is 0 Å². The van der Waals surface area contributed by atoms with Crippen molar-refractivity contribution in [3.8, 4) is 6.07 Å². The van der Waals surface area contributed by atoms with Crippen molar-refractivity contribution < 1.29 is 8.42 Å². The Labute approximate surface area is 131 Å². The highest BCUT2D eigenvalue weighted by Gasteiger charge is 2.25. The van der Waals surface area contributed by atoms with Crippen LogP contribution in [0.15, 0.2) is 40.2 Å². The van der Waals surface area contributed by atoms with Crippen molar-refractivity contribution in [1.82, 2.24) is 9.19 Å². The molecule has 1 N–H and O–H groups in total. The van der Waals surface area contributed by atoms with Gasteiger partial charge in [0, 0.05) is 6.54 Å². The molecule has 0 radical (unpaired) electrons. The van der Waals surface area contributed by atoms with E-state index in [9.17, 15) is 13.2 Å². The predicted octanol–water partition coefficient (Wildman–Crippen LogP) is 1.44. The van der Waals surface area contributed by atoms with Gasteiger partial charge in [-0.2, -0.15) is 18.8 Å². The van der Waals surface area contributed by atoms with E-state index in [-0.39, 0.29) is 25.3 Å². The number of anilines is 1. The lowest BCUT2D eigenvalue weighted by Gasteiger charge is -2.10. The van der Waals surface area contributed by atoms with Gasteiger partial charge in [-0.3, -0.25) is 4.79 Å². The summed E-state index contributed by atoms with van der Waals surface area (Å²) >= 11 is 5.88. The van der Waals surface area contributed by atoms with Gasteiger partial charge >= 0.3 is 5.56 Å². The van der Waals surface area contributed by atoms with Gasteiger partial charge in [-0.05, 0) is 19.1 Å². The highest BCUT2D eigenvalue weighted by atomic mass is 35.5.